The Morgan fingerprint density at radius 1 is 1.28 bits per heavy atom. The molecule has 2 aromatic heterocycles. The molecule has 128 valence electrons. The highest BCUT2D eigenvalue weighted by molar-refractivity contribution is 5.68. The Morgan fingerprint density at radius 2 is 1.92 bits per heavy atom. The van der Waals surface area contributed by atoms with Gasteiger partial charge in [0.25, 0.3) is 5.56 Å². The first-order valence-electron chi connectivity index (χ1n) is 8.11. The van der Waals surface area contributed by atoms with E-state index in [4.69, 9.17) is 0 Å². The first-order chi connectivity index (χ1) is 11.7. The van der Waals surface area contributed by atoms with Gasteiger partial charge in [0.15, 0.2) is 5.65 Å². The summed E-state index contributed by atoms with van der Waals surface area (Å²) in [5.41, 5.74) is 2.43. The second kappa shape index (κ2) is 5.87. The molecule has 0 saturated heterocycles. The Balaban J connectivity index is 2.29. The van der Waals surface area contributed by atoms with Crippen LogP contribution in [0.25, 0.3) is 16.9 Å². The summed E-state index contributed by atoms with van der Waals surface area (Å²) in [6.45, 7) is 7.33. The lowest BCUT2D eigenvalue weighted by Crippen LogP contribution is -2.22. The Morgan fingerprint density at radius 3 is 2.44 bits per heavy atom. The van der Waals surface area contributed by atoms with Crippen molar-refractivity contribution >= 4 is 5.65 Å². The van der Waals surface area contributed by atoms with E-state index in [1.165, 1.54) is 10.7 Å². The van der Waals surface area contributed by atoms with E-state index in [1.807, 2.05) is 44.2 Å². The van der Waals surface area contributed by atoms with Crippen molar-refractivity contribution < 1.29 is 5.11 Å². The normalized spacial score (nSPS) is 11.9. The minimum absolute atomic E-state index is 0.0214. The first-order valence-corrected chi connectivity index (χ1v) is 8.11. The van der Waals surface area contributed by atoms with E-state index >= 15 is 0 Å². The Kier molecular flexibility index (Phi) is 3.97. The van der Waals surface area contributed by atoms with E-state index < -0.39 is 5.60 Å². The maximum absolute atomic E-state index is 12.9. The first kappa shape index (κ1) is 16.9. The third-order valence-corrected chi connectivity index (χ3v) is 4.28. The van der Waals surface area contributed by atoms with Crippen molar-refractivity contribution in [1.29, 1.82) is 5.26 Å². The molecule has 2 heterocycles. The highest BCUT2D eigenvalue weighted by atomic mass is 16.3. The third kappa shape index (κ3) is 2.83. The molecule has 25 heavy (non-hydrogen) atoms. The number of nitrogens with zero attached hydrogens (tertiary/aromatic N) is 3. The summed E-state index contributed by atoms with van der Waals surface area (Å²) in [6, 6.07) is 9.45. The van der Waals surface area contributed by atoms with Gasteiger partial charge >= 0.3 is 0 Å². The van der Waals surface area contributed by atoms with Crippen molar-refractivity contribution in [2.75, 3.05) is 0 Å². The molecular weight excluding hydrogens is 316 g/mol. The molecule has 0 radical (unpaired) electrons. The minimum Gasteiger partial charge on any atom is -0.386 e. The number of hydrogen-bond donors (Lipinski definition) is 2. The van der Waals surface area contributed by atoms with Gasteiger partial charge in [-0.3, -0.25) is 4.79 Å². The average Bonchev–Trinajstić information content (AvgIpc) is 2.97. The van der Waals surface area contributed by atoms with Crippen LogP contribution < -0.4 is 5.56 Å². The van der Waals surface area contributed by atoms with Gasteiger partial charge in [-0.1, -0.05) is 38.1 Å². The lowest BCUT2D eigenvalue weighted by Gasteiger charge is -2.19. The molecule has 6 nitrogen and oxygen atoms in total. The largest absolute Gasteiger partial charge is 0.386 e. The van der Waals surface area contributed by atoms with Crippen LogP contribution >= 0.6 is 0 Å². The number of aromatic nitrogens is 3. The van der Waals surface area contributed by atoms with Gasteiger partial charge in [0.05, 0.1) is 17.5 Å². The van der Waals surface area contributed by atoms with E-state index in [1.54, 1.807) is 13.8 Å². The standard InChI is InChI=1S/C19H20N4O2/c1-11(2)15-16(12-5-7-14(8-6-12)19(3,4)25)22-17-13(9-20)10-21-23(17)18(15)24/h5-8,10-11,22,25H,1-4H3. The third-order valence-electron chi connectivity index (χ3n) is 4.28. The molecule has 0 aliphatic rings. The van der Waals surface area contributed by atoms with Crippen molar-refractivity contribution in [2.24, 2.45) is 0 Å². The van der Waals surface area contributed by atoms with Crippen molar-refractivity contribution in [2.45, 2.75) is 39.2 Å². The fourth-order valence-electron chi connectivity index (χ4n) is 2.92. The molecule has 2 N–H and O–H groups in total. The van der Waals surface area contributed by atoms with Crippen LogP contribution in [0.3, 0.4) is 0 Å². The van der Waals surface area contributed by atoms with Crippen molar-refractivity contribution in [1.82, 2.24) is 14.6 Å². The summed E-state index contributed by atoms with van der Waals surface area (Å²) in [6.07, 6.45) is 1.39. The number of H-pyrrole nitrogens is 1. The number of rotatable bonds is 3. The van der Waals surface area contributed by atoms with Crippen LogP contribution in [-0.4, -0.2) is 19.7 Å². The molecule has 0 atom stereocenters. The molecule has 0 saturated carbocycles. The average molecular weight is 336 g/mol. The molecule has 0 amide bonds. The van der Waals surface area contributed by atoms with Gasteiger partial charge in [-0.05, 0) is 30.9 Å². The van der Waals surface area contributed by atoms with E-state index in [0.717, 1.165) is 11.1 Å². The molecule has 0 unspecified atom stereocenters. The quantitative estimate of drug-likeness (QED) is 0.769. The topological polar surface area (TPSA) is 94.2 Å². The minimum atomic E-state index is -0.934. The van der Waals surface area contributed by atoms with E-state index in [0.29, 0.717) is 22.5 Å². The molecule has 0 aliphatic heterocycles. The SMILES string of the molecule is CC(C)c1c(-c2ccc(C(C)(C)O)cc2)[nH]c2c(C#N)cnn2c1=O. The molecule has 0 fully saturated rings. The number of aliphatic hydroxyl groups is 1. The number of nitriles is 1. The molecule has 3 rings (SSSR count). The number of nitrogens with one attached hydrogen (secondary N) is 1. The number of aromatic amines is 1. The van der Waals surface area contributed by atoms with Crippen molar-refractivity contribution in [3.05, 3.63) is 57.5 Å². The highest BCUT2D eigenvalue weighted by Crippen LogP contribution is 2.28. The second-order valence-corrected chi connectivity index (χ2v) is 6.94. The van der Waals surface area contributed by atoms with Crippen LogP contribution in [0, 0.1) is 11.3 Å². The van der Waals surface area contributed by atoms with Crippen LogP contribution in [0.1, 0.15) is 50.3 Å². The zero-order valence-corrected chi connectivity index (χ0v) is 14.7. The molecule has 0 aliphatic carbocycles. The molecular formula is C19H20N4O2. The summed E-state index contributed by atoms with van der Waals surface area (Å²) in [7, 11) is 0. The second-order valence-electron chi connectivity index (χ2n) is 6.94. The van der Waals surface area contributed by atoms with E-state index in [2.05, 4.69) is 10.1 Å². The molecule has 6 heteroatoms. The predicted molar refractivity (Wildman–Crippen MR) is 95.3 cm³/mol. The van der Waals surface area contributed by atoms with Gasteiger partial charge in [0.2, 0.25) is 0 Å². The van der Waals surface area contributed by atoms with Gasteiger partial charge in [0, 0.05) is 5.56 Å². The van der Waals surface area contributed by atoms with E-state index in [-0.39, 0.29) is 11.5 Å². The lowest BCUT2D eigenvalue weighted by atomic mass is 9.94. The van der Waals surface area contributed by atoms with Crippen molar-refractivity contribution in [3.63, 3.8) is 0 Å². The van der Waals surface area contributed by atoms with Crippen LogP contribution in [0.4, 0.5) is 0 Å². The van der Waals surface area contributed by atoms with Gasteiger partial charge in [0.1, 0.15) is 11.6 Å². The monoisotopic (exact) mass is 336 g/mol. The van der Waals surface area contributed by atoms with Crippen LogP contribution in [0.15, 0.2) is 35.3 Å². The van der Waals surface area contributed by atoms with Gasteiger partial charge in [-0.15, -0.1) is 0 Å². The molecule has 0 bridgehead atoms. The highest BCUT2D eigenvalue weighted by Gasteiger charge is 2.20. The number of benzene rings is 1. The summed E-state index contributed by atoms with van der Waals surface area (Å²) >= 11 is 0. The molecule has 3 aromatic rings. The lowest BCUT2D eigenvalue weighted by molar-refractivity contribution is 0.0786. The van der Waals surface area contributed by atoms with Crippen LogP contribution in [-0.2, 0) is 5.60 Å². The summed E-state index contributed by atoms with van der Waals surface area (Å²) in [5, 5.41) is 23.4. The van der Waals surface area contributed by atoms with Gasteiger partial charge < -0.3 is 10.1 Å². The molecule has 1 aromatic carbocycles. The molecule has 0 spiro atoms. The summed E-state index contributed by atoms with van der Waals surface area (Å²) in [4.78, 5) is 16.1. The van der Waals surface area contributed by atoms with Crippen LogP contribution in [0.2, 0.25) is 0 Å². The summed E-state index contributed by atoms with van der Waals surface area (Å²) in [5.74, 6) is -0.0214. The zero-order valence-electron chi connectivity index (χ0n) is 14.7. The Bertz CT molecular complexity index is 1030. The maximum Gasteiger partial charge on any atom is 0.278 e. The van der Waals surface area contributed by atoms with E-state index in [9.17, 15) is 15.2 Å². The predicted octanol–water partition coefficient (Wildman–Crippen LogP) is 2.91. The fourth-order valence-corrected chi connectivity index (χ4v) is 2.92. The Hall–Kier alpha value is -2.91. The van der Waals surface area contributed by atoms with Gasteiger partial charge in [-0.2, -0.15) is 14.9 Å². The Labute approximate surface area is 145 Å². The number of fused-ring (bicyclic) bond motifs is 1. The number of hydrogen-bond acceptors (Lipinski definition) is 4. The smallest absolute Gasteiger partial charge is 0.278 e. The van der Waals surface area contributed by atoms with Crippen LogP contribution in [0.5, 0.6) is 0 Å². The summed E-state index contributed by atoms with van der Waals surface area (Å²) < 4.78 is 1.24. The van der Waals surface area contributed by atoms with Gasteiger partial charge in [-0.25, -0.2) is 0 Å². The fraction of sp³-hybridized carbons (Fsp3) is 0.316. The maximum atomic E-state index is 12.9. The van der Waals surface area contributed by atoms with Crippen molar-refractivity contribution in [3.8, 4) is 17.3 Å². The zero-order chi connectivity index (χ0) is 18.4.